The number of ether oxygens (including phenoxy) is 3. The Kier molecular flexibility index (Phi) is 9.87. The molecule has 172 valence electrons. The van der Waals surface area contributed by atoms with Crippen LogP contribution in [0.25, 0.3) is 6.08 Å². The Morgan fingerprint density at radius 2 is 1.88 bits per heavy atom. The summed E-state index contributed by atoms with van der Waals surface area (Å²) in [6.07, 6.45) is 8.84. The van der Waals surface area contributed by atoms with E-state index >= 15 is 0 Å². The maximum Gasteiger partial charge on any atom is 0.245 e. The van der Waals surface area contributed by atoms with Crippen LogP contribution < -0.4 is 24.8 Å². The molecule has 1 amide bonds. The van der Waals surface area contributed by atoms with Crippen LogP contribution in [-0.2, 0) is 4.79 Å². The molecule has 1 aromatic rings. The van der Waals surface area contributed by atoms with Gasteiger partial charge in [-0.1, -0.05) is 13.8 Å². The third-order valence-corrected chi connectivity index (χ3v) is 4.62. The number of amides is 1. The first-order valence-electron chi connectivity index (χ1n) is 10.2. The monoisotopic (exact) mass is 458 g/mol. The second-order valence-corrected chi connectivity index (χ2v) is 7.77. The highest BCUT2D eigenvalue weighted by Gasteiger charge is 2.15. The van der Waals surface area contributed by atoms with Gasteiger partial charge >= 0.3 is 0 Å². The van der Waals surface area contributed by atoms with Crippen molar-refractivity contribution in [1.29, 1.82) is 0 Å². The molecule has 0 saturated heterocycles. The predicted octanol–water partition coefficient (Wildman–Crippen LogP) is 3.17. The van der Waals surface area contributed by atoms with E-state index < -0.39 is 0 Å². The molecule has 0 aliphatic carbocycles. The fraction of sp³-hybridized carbons (Fsp3) is 0.391. The molecule has 1 aliphatic rings. The minimum absolute atomic E-state index is 0.269. The Balaban J connectivity index is 2.08. The van der Waals surface area contributed by atoms with Crippen molar-refractivity contribution >= 4 is 41.2 Å². The normalized spacial score (nSPS) is 15.1. The van der Waals surface area contributed by atoms with Crippen LogP contribution in [0.4, 0.5) is 0 Å². The number of carbonyl (C=O) groups is 1. The minimum atomic E-state index is -0.361. The summed E-state index contributed by atoms with van der Waals surface area (Å²) in [5.74, 6) is 1.58. The van der Waals surface area contributed by atoms with Crippen LogP contribution in [0.3, 0.4) is 0 Å². The molecule has 1 heterocycles. The third kappa shape index (κ3) is 7.81. The maximum atomic E-state index is 12.6. The van der Waals surface area contributed by atoms with E-state index in [0.717, 1.165) is 11.3 Å². The van der Waals surface area contributed by atoms with Gasteiger partial charge in [-0.2, -0.15) is 0 Å². The first-order valence-corrected chi connectivity index (χ1v) is 10.6. The maximum absolute atomic E-state index is 12.6. The third-order valence-electron chi connectivity index (χ3n) is 4.41. The number of thiocarbonyl (C=S) groups is 1. The molecule has 2 N–H and O–H groups in total. The minimum Gasteiger partial charge on any atom is -0.493 e. The van der Waals surface area contributed by atoms with Gasteiger partial charge in [-0.05, 0) is 60.5 Å². The summed E-state index contributed by atoms with van der Waals surface area (Å²) in [5, 5.41) is 6.36. The number of allylic oxidation sites excluding steroid dienone is 1. The van der Waals surface area contributed by atoms with Gasteiger partial charge in [0.15, 0.2) is 16.6 Å². The van der Waals surface area contributed by atoms with E-state index in [1.807, 2.05) is 12.2 Å². The van der Waals surface area contributed by atoms with E-state index in [-0.39, 0.29) is 12.1 Å². The van der Waals surface area contributed by atoms with Gasteiger partial charge in [-0.15, -0.1) is 0 Å². The molecule has 1 aromatic carbocycles. The molecule has 0 spiro atoms. The zero-order valence-corrected chi connectivity index (χ0v) is 19.9. The van der Waals surface area contributed by atoms with Crippen LogP contribution in [0, 0.1) is 5.92 Å². The van der Waals surface area contributed by atoms with Gasteiger partial charge in [0.05, 0.1) is 33.6 Å². The van der Waals surface area contributed by atoms with Gasteiger partial charge in [0.1, 0.15) is 6.17 Å². The standard InChI is InChI=1S/C23H30N4O4S/c1-15(2)11-20(27-23(32)25-17-7-6-10-24-14-17)26-21(28)9-8-16-12-18(29-3)22(31-5)19(13-16)30-4/h6-10,12-13,15,20H,11,14H2,1-5H3,(H,26,28)(H,27,32)/b9-8+,25-17?. The van der Waals surface area contributed by atoms with Gasteiger partial charge in [0, 0.05) is 12.3 Å². The van der Waals surface area contributed by atoms with Crippen LogP contribution in [0.15, 0.2) is 40.3 Å². The fourth-order valence-corrected chi connectivity index (χ4v) is 3.27. The molecule has 0 bridgehead atoms. The van der Waals surface area contributed by atoms with Crippen molar-refractivity contribution in [1.82, 2.24) is 10.6 Å². The van der Waals surface area contributed by atoms with Crippen molar-refractivity contribution in [3.8, 4) is 17.2 Å². The number of aliphatic imine (C=N–C) groups is 2. The molecule has 0 saturated carbocycles. The number of hydrogen-bond donors (Lipinski definition) is 2. The average Bonchev–Trinajstić information content (AvgIpc) is 2.76. The highest BCUT2D eigenvalue weighted by molar-refractivity contribution is 7.80. The van der Waals surface area contributed by atoms with Crippen molar-refractivity contribution in [2.45, 2.75) is 26.4 Å². The lowest BCUT2D eigenvalue weighted by molar-refractivity contribution is -0.117. The number of benzene rings is 1. The largest absolute Gasteiger partial charge is 0.493 e. The van der Waals surface area contributed by atoms with E-state index in [9.17, 15) is 4.79 Å². The van der Waals surface area contributed by atoms with Crippen LogP contribution in [0.1, 0.15) is 25.8 Å². The van der Waals surface area contributed by atoms with E-state index in [2.05, 4.69) is 34.5 Å². The van der Waals surface area contributed by atoms with E-state index in [1.54, 1.807) is 38.6 Å². The number of methoxy groups -OCH3 is 3. The lowest BCUT2D eigenvalue weighted by Gasteiger charge is -2.21. The van der Waals surface area contributed by atoms with Gasteiger partial charge in [-0.3, -0.25) is 9.79 Å². The molecule has 0 fully saturated rings. The number of nitrogens with one attached hydrogen (secondary N) is 2. The molecule has 1 unspecified atom stereocenters. The number of rotatable bonds is 9. The van der Waals surface area contributed by atoms with E-state index in [0.29, 0.717) is 41.2 Å². The Bertz CT molecular complexity index is 913. The van der Waals surface area contributed by atoms with E-state index in [4.69, 9.17) is 26.4 Å². The molecule has 9 heteroatoms. The Hall–Kier alpha value is -3.20. The van der Waals surface area contributed by atoms with Crippen LogP contribution in [-0.4, -0.2) is 57.0 Å². The SMILES string of the molecule is COc1cc(/C=C/C(=O)NC(CC(C)C)NC(=S)N=C2C=CC=NC2)cc(OC)c1OC. The first kappa shape index (κ1) is 25.1. The van der Waals surface area contributed by atoms with Crippen molar-refractivity contribution in [3.63, 3.8) is 0 Å². The van der Waals surface area contributed by atoms with Gasteiger partial charge < -0.3 is 24.8 Å². The molecule has 8 nitrogen and oxygen atoms in total. The van der Waals surface area contributed by atoms with Crippen molar-refractivity contribution < 1.29 is 19.0 Å². The zero-order valence-electron chi connectivity index (χ0n) is 19.0. The van der Waals surface area contributed by atoms with Crippen LogP contribution >= 0.6 is 12.2 Å². The highest BCUT2D eigenvalue weighted by Crippen LogP contribution is 2.38. The summed E-state index contributed by atoms with van der Waals surface area (Å²) in [5.41, 5.74) is 1.50. The summed E-state index contributed by atoms with van der Waals surface area (Å²) >= 11 is 5.34. The highest BCUT2D eigenvalue weighted by atomic mass is 32.1. The Morgan fingerprint density at radius 3 is 2.41 bits per heavy atom. The smallest absolute Gasteiger partial charge is 0.245 e. The summed E-state index contributed by atoms with van der Waals surface area (Å²) in [6, 6.07) is 3.53. The second kappa shape index (κ2) is 12.6. The van der Waals surface area contributed by atoms with Crippen molar-refractivity contribution in [3.05, 3.63) is 35.9 Å². The number of hydrogen-bond acceptors (Lipinski definition) is 6. The molecular formula is C23H30N4O4S. The van der Waals surface area contributed by atoms with E-state index in [1.165, 1.54) is 13.2 Å². The second-order valence-electron chi connectivity index (χ2n) is 7.38. The first-order chi connectivity index (χ1) is 15.4. The molecule has 0 radical (unpaired) electrons. The summed E-state index contributed by atoms with van der Waals surface area (Å²) in [4.78, 5) is 21.1. The topological polar surface area (TPSA) is 93.5 Å². The Labute approximate surface area is 194 Å². The quantitative estimate of drug-likeness (QED) is 0.335. The zero-order chi connectivity index (χ0) is 23.5. The summed E-state index contributed by atoms with van der Waals surface area (Å²) < 4.78 is 16.0. The molecule has 1 aliphatic heterocycles. The molecule has 2 rings (SSSR count). The fourth-order valence-electron chi connectivity index (χ4n) is 3.01. The number of dihydropyridines is 1. The van der Waals surface area contributed by atoms with Gasteiger partial charge in [-0.25, -0.2) is 4.99 Å². The number of nitrogens with zero attached hydrogens (tertiary/aromatic N) is 2. The molecular weight excluding hydrogens is 428 g/mol. The average molecular weight is 459 g/mol. The lowest BCUT2D eigenvalue weighted by atomic mass is 10.1. The predicted molar refractivity (Wildman–Crippen MR) is 132 cm³/mol. The van der Waals surface area contributed by atoms with Crippen molar-refractivity contribution in [2.75, 3.05) is 27.9 Å². The van der Waals surface area contributed by atoms with Gasteiger partial charge in [0.2, 0.25) is 11.7 Å². The molecule has 1 atom stereocenters. The lowest BCUT2D eigenvalue weighted by Crippen LogP contribution is -2.47. The van der Waals surface area contributed by atoms with Gasteiger partial charge in [0.25, 0.3) is 0 Å². The summed E-state index contributed by atoms with van der Waals surface area (Å²) in [6.45, 7) is 4.62. The number of carbonyl (C=O) groups excluding carboxylic acids is 1. The van der Waals surface area contributed by atoms with Crippen LogP contribution in [0.5, 0.6) is 17.2 Å². The van der Waals surface area contributed by atoms with Crippen LogP contribution in [0.2, 0.25) is 0 Å². The summed E-state index contributed by atoms with van der Waals surface area (Å²) in [7, 11) is 4.63. The Morgan fingerprint density at radius 1 is 1.19 bits per heavy atom. The van der Waals surface area contributed by atoms with Crippen molar-refractivity contribution in [2.24, 2.45) is 15.9 Å². The molecule has 32 heavy (non-hydrogen) atoms. The molecule has 0 aromatic heterocycles.